The predicted octanol–water partition coefficient (Wildman–Crippen LogP) is 2.98. The first-order valence-corrected chi connectivity index (χ1v) is 7.19. The number of halogens is 1. The number of hydrogen-bond acceptors (Lipinski definition) is 4. The van der Waals surface area contributed by atoms with E-state index in [0.29, 0.717) is 10.8 Å². The van der Waals surface area contributed by atoms with Crippen LogP contribution in [0.4, 0.5) is 0 Å². The maximum absolute atomic E-state index is 11.7. The summed E-state index contributed by atoms with van der Waals surface area (Å²) in [5, 5.41) is 0. The highest BCUT2D eigenvalue weighted by Crippen LogP contribution is 2.23. The summed E-state index contributed by atoms with van der Waals surface area (Å²) in [6.07, 6.45) is 0.609. The molecule has 82 valence electrons. The smallest absolute Gasteiger partial charge is 0.174 e. The molecule has 0 spiro atoms. The molecule has 1 aromatic rings. The van der Waals surface area contributed by atoms with E-state index in [-0.39, 0.29) is 5.78 Å². The highest BCUT2D eigenvalue weighted by atomic mass is 35.5. The highest BCUT2D eigenvalue weighted by molar-refractivity contribution is 7.99. The Morgan fingerprint density at radius 3 is 3.00 bits per heavy atom. The lowest BCUT2D eigenvalue weighted by Gasteiger charge is -2.11. The third-order valence-corrected chi connectivity index (χ3v) is 4.62. The Morgan fingerprint density at radius 1 is 1.53 bits per heavy atom. The van der Waals surface area contributed by atoms with E-state index in [2.05, 4.69) is 4.90 Å². The number of carbonyl (C=O) groups excluding carboxylic acids is 1. The topological polar surface area (TPSA) is 20.3 Å². The van der Waals surface area contributed by atoms with Crippen molar-refractivity contribution in [2.24, 2.45) is 0 Å². The van der Waals surface area contributed by atoms with Gasteiger partial charge in [-0.15, -0.1) is 23.1 Å². The van der Waals surface area contributed by atoms with Crippen LogP contribution in [0.1, 0.15) is 16.1 Å². The average Bonchev–Trinajstić information content (AvgIpc) is 2.84. The minimum absolute atomic E-state index is 0.212. The highest BCUT2D eigenvalue weighted by Gasteiger charge is 2.14. The number of thioether (sulfide) groups is 1. The van der Waals surface area contributed by atoms with E-state index < -0.39 is 0 Å². The lowest BCUT2D eigenvalue weighted by Crippen LogP contribution is -2.22. The summed E-state index contributed by atoms with van der Waals surface area (Å²) in [5.41, 5.74) is 0. The molecule has 0 unspecified atom stereocenters. The zero-order valence-corrected chi connectivity index (χ0v) is 10.6. The Labute approximate surface area is 103 Å². The summed E-state index contributed by atoms with van der Waals surface area (Å²) in [6.45, 7) is 1.99. The van der Waals surface area contributed by atoms with Gasteiger partial charge < -0.3 is 0 Å². The van der Waals surface area contributed by atoms with Crippen LogP contribution in [-0.2, 0) is 0 Å². The van der Waals surface area contributed by atoms with Crippen molar-refractivity contribution in [3.63, 3.8) is 0 Å². The molecule has 1 aromatic heterocycles. The molecule has 0 saturated carbocycles. The van der Waals surface area contributed by atoms with Crippen molar-refractivity contribution in [1.29, 1.82) is 0 Å². The standard InChI is InChI=1S/C10H12ClNOS2/c11-10-2-1-9(15-10)8(13)3-4-12-5-6-14-7-12/h1-2H,3-7H2. The molecule has 1 saturated heterocycles. The summed E-state index contributed by atoms with van der Waals surface area (Å²) in [4.78, 5) is 14.8. The van der Waals surface area contributed by atoms with Crippen LogP contribution in [0.3, 0.4) is 0 Å². The molecule has 0 atom stereocenters. The van der Waals surface area contributed by atoms with Gasteiger partial charge in [-0.25, -0.2) is 0 Å². The summed E-state index contributed by atoms with van der Waals surface area (Å²) in [6, 6.07) is 3.60. The molecule has 0 aliphatic carbocycles. The first kappa shape index (κ1) is 11.5. The Kier molecular flexibility index (Phi) is 4.08. The van der Waals surface area contributed by atoms with Crippen molar-refractivity contribution in [2.45, 2.75) is 6.42 Å². The Bertz CT molecular complexity index is 347. The number of rotatable bonds is 4. The van der Waals surface area contributed by atoms with Crippen LogP contribution in [0.2, 0.25) is 4.34 Å². The lowest BCUT2D eigenvalue weighted by atomic mass is 10.2. The molecule has 0 N–H and O–H groups in total. The van der Waals surface area contributed by atoms with Crippen molar-refractivity contribution >= 4 is 40.5 Å². The van der Waals surface area contributed by atoms with E-state index >= 15 is 0 Å². The zero-order chi connectivity index (χ0) is 10.7. The van der Waals surface area contributed by atoms with Crippen molar-refractivity contribution in [3.05, 3.63) is 21.3 Å². The molecular formula is C10H12ClNOS2. The molecule has 2 nitrogen and oxygen atoms in total. The van der Waals surface area contributed by atoms with Crippen LogP contribution in [0.25, 0.3) is 0 Å². The number of thiophene rings is 1. The molecule has 1 aliphatic rings. The number of nitrogens with zero attached hydrogens (tertiary/aromatic N) is 1. The quantitative estimate of drug-likeness (QED) is 0.778. The van der Waals surface area contributed by atoms with Crippen LogP contribution in [0, 0.1) is 0 Å². The van der Waals surface area contributed by atoms with Gasteiger partial charge in [0.2, 0.25) is 0 Å². The Hall–Kier alpha value is -0.0300. The molecule has 0 aromatic carbocycles. The van der Waals surface area contributed by atoms with Gasteiger partial charge in [-0.2, -0.15) is 0 Å². The molecule has 1 aliphatic heterocycles. The summed E-state index contributed by atoms with van der Waals surface area (Å²) >= 11 is 9.08. The normalized spacial score (nSPS) is 17.1. The summed E-state index contributed by atoms with van der Waals surface area (Å²) < 4.78 is 0.690. The second kappa shape index (κ2) is 5.34. The number of Topliss-reactive ketones (excluding diaryl/α,β-unsaturated/α-hetero) is 1. The fraction of sp³-hybridized carbons (Fsp3) is 0.500. The third kappa shape index (κ3) is 3.21. The molecule has 1 fully saturated rings. The molecule has 0 amide bonds. The van der Waals surface area contributed by atoms with E-state index in [9.17, 15) is 4.79 Å². The van der Waals surface area contributed by atoms with Gasteiger partial charge in [-0.3, -0.25) is 9.69 Å². The van der Waals surface area contributed by atoms with Gasteiger partial charge in [0.05, 0.1) is 9.21 Å². The second-order valence-electron chi connectivity index (χ2n) is 3.43. The number of ketones is 1. The Balaban J connectivity index is 1.81. The Morgan fingerprint density at radius 2 is 2.40 bits per heavy atom. The lowest BCUT2D eigenvalue weighted by molar-refractivity contribution is 0.0974. The summed E-state index contributed by atoms with van der Waals surface area (Å²) in [5.74, 6) is 2.47. The van der Waals surface area contributed by atoms with Gasteiger partial charge in [-0.1, -0.05) is 11.6 Å². The SMILES string of the molecule is O=C(CCN1CCSC1)c1ccc(Cl)s1. The van der Waals surface area contributed by atoms with Gasteiger partial charge in [0, 0.05) is 31.1 Å². The van der Waals surface area contributed by atoms with Crippen LogP contribution in [-0.4, -0.2) is 35.4 Å². The van der Waals surface area contributed by atoms with E-state index in [1.807, 2.05) is 17.8 Å². The van der Waals surface area contributed by atoms with E-state index in [1.54, 1.807) is 6.07 Å². The van der Waals surface area contributed by atoms with Crippen molar-refractivity contribution in [3.8, 4) is 0 Å². The molecule has 0 bridgehead atoms. The van der Waals surface area contributed by atoms with E-state index in [0.717, 1.165) is 23.8 Å². The van der Waals surface area contributed by atoms with Gasteiger partial charge in [-0.05, 0) is 12.1 Å². The third-order valence-electron chi connectivity index (χ3n) is 2.33. The van der Waals surface area contributed by atoms with Crippen molar-refractivity contribution < 1.29 is 4.79 Å². The minimum Gasteiger partial charge on any atom is -0.293 e. The molecular weight excluding hydrogens is 250 g/mol. The molecule has 5 heteroatoms. The van der Waals surface area contributed by atoms with Crippen LogP contribution >= 0.6 is 34.7 Å². The first-order valence-electron chi connectivity index (χ1n) is 4.84. The van der Waals surface area contributed by atoms with Gasteiger partial charge in [0.15, 0.2) is 5.78 Å². The molecule has 2 heterocycles. The summed E-state index contributed by atoms with van der Waals surface area (Å²) in [7, 11) is 0. The number of carbonyl (C=O) groups is 1. The van der Waals surface area contributed by atoms with Crippen molar-refractivity contribution in [1.82, 2.24) is 4.90 Å². The van der Waals surface area contributed by atoms with Crippen LogP contribution < -0.4 is 0 Å². The monoisotopic (exact) mass is 261 g/mol. The van der Waals surface area contributed by atoms with E-state index in [4.69, 9.17) is 11.6 Å². The first-order chi connectivity index (χ1) is 7.25. The number of hydrogen-bond donors (Lipinski definition) is 0. The fourth-order valence-electron chi connectivity index (χ4n) is 1.48. The van der Waals surface area contributed by atoms with Crippen molar-refractivity contribution in [2.75, 3.05) is 24.7 Å². The second-order valence-corrected chi connectivity index (χ2v) is 6.22. The van der Waals surface area contributed by atoms with Gasteiger partial charge in [0.25, 0.3) is 0 Å². The predicted molar refractivity (Wildman–Crippen MR) is 67.2 cm³/mol. The van der Waals surface area contributed by atoms with Crippen LogP contribution in [0.5, 0.6) is 0 Å². The minimum atomic E-state index is 0.212. The average molecular weight is 262 g/mol. The maximum Gasteiger partial charge on any atom is 0.174 e. The largest absolute Gasteiger partial charge is 0.293 e. The maximum atomic E-state index is 11.7. The molecule has 0 radical (unpaired) electrons. The van der Waals surface area contributed by atoms with Crippen LogP contribution in [0.15, 0.2) is 12.1 Å². The fourth-order valence-corrected chi connectivity index (χ4v) is 3.52. The van der Waals surface area contributed by atoms with Gasteiger partial charge in [0.1, 0.15) is 0 Å². The molecule has 2 rings (SSSR count). The van der Waals surface area contributed by atoms with Gasteiger partial charge >= 0.3 is 0 Å². The molecule has 15 heavy (non-hydrogen) atoms. The zero-order valence-electron chi connectivity index (χ0n) is 8.24. The van der Waals surface area contributed by atoms with E-state index in [1.165, 1.54) is 17.1 Å².